The Morgan fingerprint density at radius 3 is 2.89 bits per heavy atom. The molecular weight excluding hydrogens is 294 g/mol. The summed E-state index contributed by atoms with van der Waals surface area (Å²) in [6.45, 7) is 6.12. The zero-order valence-corrected chi connectivity index (χ0v) is 12.4. The first kappa shape index (κ1) is 13.6. The van der Waals surface area contributed by atoms with Gasteiger partial charge in [-0.3, -0.25) is 4.79 Å². The molecular formula is C14H18BrNO2. The van der Waals surface area contributed by atoms with E-state index in [1.165, 1.54) is 0 Å². The number of nitrogens with zero attached hydrogens (tertiary/aromatic N) is 1. The van der Waals surface area contributed by atoms with Crippen LogP contribution in [-0.4, -0.2) is 36.6 Å². The molecule has 1 aliphatic heterocycles. The molecule has 0 aromatic heterocycles. The summed E-state index contributed by atoms with van der Waals surface area (Å²) in [5.74, 6) is 0.0948. The highest BCUT2D eigenvalue weighted by molar-refractivity contribution is 9.10. The van der Waals surface area contributed by atoms with Gasteiger partial charge in [0.2, 0.25) is 0 Å². The second kappa shape index (κ2) is 5.85. The number of hydrogen-bond acceptors (Lipinski definition) is 2. The predicted molar refractivity (Wildman–Crippen MR) is 74.8 cm³/mol. The Hall–Kier alpha value is -0.870. The lowest BCUT2D eigenvalue weighted by Gasteiger charge is -2.26. The van der Waals surface area contributed by atoms with Crippen molar-refractivity contribution in [2.75, 3.05) is 19.8 Å². The van der Waals surface area contributed by atoms with Crippen LogP contribution in [0.15, 0.2) is 22.7 Å². The maximum atomic E-state index is 12.5. The molecule has 4 heteroatoms. The minimum atomic E-state index is 0.0948. The normalized spacial score (nSPS) is 20.6. The third-order valence-corrected chi connectivity index (χ3v) is 3.70. The Kier molecular flexibility index (Phi) is 4.40. The molecule has 0 bridgehead atoms. The van der Waals surface area contributed by atoms with Crippen LogP contribution in [0.3, 0.4) is 0 Å². The van der Waals surface area contributed by atoms with E-state index < -0.39 is 0 Å². The number of carbonyl (C=O) groups is 1. The van der Waals surface area contributed by atoms with E-state index in [0.29, 0.717) is 13.2 Å². The molecule has 1 saturated heterocycles. The molecule has 1 atom stereocenters. The summed E-state index contributed by atoms with van der Waals surface area (Å²) in [7, 11) is 0. The van der Waals surface area contributed by atoms with E-state index in [4.69, 9.17) is 4.74 Å². The van der Waals surface area contributed by atoms with Crippen molar-refractivity contribution in [1.29, 1.82) is 0 Å². The number of rotatable bonds is 1. The van der Waals surface area contributed by atoms with Crippen molar-refractivity contribution < 1.29 is 9.53 Å². The average Bonchev–Trinajstić information content (AvgIpc) is 2.51. The van der Waals surface area contributed by atoms with Crippen LogP contribution in [0, 0.1) is 6.92 Å². The quantitative estimate of drug-likeness (QED) is 0.798. The molecule has 0 N–H and O–H groups in total. The van der Waals surface area contributed by atoms with Gasteiger partial charge in [-0.05, 0) is 44.0 Å². The molecule has 1 fully saturated rings. The van der Waals surface area contributed by atoms with Crippen molar-refractivity contribution in [1.82, 2.24) is 4.90 Å². The van der Waals surface area contributed by atoms with Crippen molar-refractivity contribution >= 4 is 21.8 Å². The molecule has 1 heterocycles. The van der Waals surface area contributed by atoms with Crippen LogP contribution in [0.1, 0.15) is 29.3 Å². The molecule has 2 rings (SSSR count). The van der Waals surface area contributed by atoms with Crippen LogP contribution in [-0.2, 0) is 4.74 Å². The lowest BCUT2D eigenvalue weighted by atomic mass is 10.1. The second-order valence-electron chi connectivity index (χ2n) is 4.77. The van der Waals surface area contributed by atoms with E-state index >= 15 is 0 Å². The second-order valence-corrected chi connectivity index (χ2v) is 5.68. The van der Waals surface area contributed by atoms with E-state index in [9.17, 15) is 4.79 Å². The fourth-order valence-corrected chi connectivity index (χ4v) is 2.83. The number of aryl methyl sites for hydroxylation is 1. The van der Waals surface area contributed by atoms with Crippen LogP contribution in [0.5, 0.6) is 0 Å². The van der Waals surface area contributed by atoms with Gasteiger partial charge in [0.25, 0.3) is 5.91 Å². The molecule has 0 spiro atoms. The lowest BCUT2D eigenvalue weighted by Crippen LogP contribution is -2.39. The van der Waals surface area contributed by atoms with Gasteiger partial charge in [-0.1, -0.05) is 15.9 Å². The molecule has 0 unspecified atom stereocenters. The first-order valence-corrected chi connectivity index (χ1v) is 7.03. The first-order chi connectivity index (χ1) is 8.58. The summed E-state index contributed by atoms with van der Waals surface area (Å²) < 4.78 is 6.37. The Morgan fingerprint density at radius 2 is 2.17 bits per heavy atom. The van der Waals surface area contributed by atoms with Gasteiger partial charge in [0.15, 0.2) is 0 Å². The zero-order valence-electron chi connectivity index (χ0n) is 10.8. The zero-order chi connectivity index (χ0) is 13.1. The summed E-state index contributed by atoms with van der Waals surface area (Å²) >= 11 is 3.44. The van der Waals surface area contributed by atoms with Crippen molar-refractivity contribution in [2.45, 2.75) is 26.3 Å². The van der Waals surface area contributed by atoms with Crippen molar-refractivity contribution in [3.63, 3.8) is 0 Å². The lowest BCUT2D eigenvalue weighted by molar-refractivity contribution is 0.0687. The van der Waals surface area contributed by atoms with Crippen LogP contribution < -0.4 is 0 Å². The third-order valence-electron chi connectivity index (χ3n) is 3.24. The summed E-state index contributed by atoms with van der Waals surface area (Å²) in [5, 5.41) is 0. The maximum Gasteiger partial charge on any atom is 0.254 e. The Bertz CT molecular complexity index is 427. The molecule has 1 aromatic carbocycles. The van der Waals surface area contributed by atoms with Crippen LogP contribution >= 0.6 is 15.9 Å². The highest BCUT2D eigenvalue weighted by Crippen LogP contribution is 2.19. The maximum absolute atomic E-state index is 12.5. The van der Waals surface area contributed by atoms with Gasteiger partial charge in [0.1, 0.15) is 0 Å². The van der Waals surface area contributed by atoms with Gasteiger partial charge in [0.05, 0.1) is 6.61 Å². The number of carbonyl (C=O) groups excluding carboxylic acids is 1. The summed E-state index contributed by atoms with van der Waals surface area (Å²) in [6.07, 6.45) is 0.902. The Balaban J connectivity index is 2.23. The van der Waals surface area contributed by atoms with E-state index in [1.807, 2.05) is 30.0 Å². The van der Waals surface area contributed by atoms with E-state index in [-0.39, 0.29) is 11.9 Å². The van der Waals surface area contributed by atoms with Gasteiger partial charge in [0, 0.05) is 29.2 Å². The minimum absolute atomic E-state index is 0.0948. The molecule has 1 aliphatic rings. The number of benzene rings is 1. The van der Waals surface area contributed by atoms with Gasteiger partial charge in [-0.15, -0.1) is 0 Å². The molecule has 0 radical (unpaired) electrons. The molecule has 3 nitrogen and oxygen atoms in total. The van der Waals surface area contributed by atoms with Crippen molar-refractivity contribution in [3.8, 4) is 0 Å². The molecule has 1 amide bonds. The van der Waals surface area contributed by atoms with E-state index in [2.05, 4.69) is 22.9 Å². The summed E-state index contributed by atoms with van der Waals surface area (Å²) in [6, 6.07) is 6.06. The average molecular weight is 312 g/mol. The summed E-state index contributed by atoms with van der Waals surface area (Å²) in [5.41, 5.74) is 1.84. The van der Waals surface area contributed by atoms with Gasteiger partial charge in [-0.25, -0.2) is 0 Å². The highest BCUT2D eigenvalue weighted by atomic mass is 79.9. The van der Waals surface area contributed by atoms with E-state index in [1.54, 1.807) is 0 Å². The first-order valence-electron chi connectivity index (χ1n) is 6.24. The fraction of sp³-hybridized carbons (Fsp3) is 0.500. The minimum Gasteiger partial charge on any atom is -0.380 e. The van der Waals surface area contributed by atoms with Crippen molar-refractivity contribution in [2.24, 2.45) is 0 Å². The Morgan fingerprint density at radius 1 is 1.39 bits per heavy atom. The van der Waals surface area contributed by atoms with Gasteiger partial charge >= 0.3 is 0 Å². The number of amides is 1. The highest BCUT2D eigenvalue weighted by Gasteiger charge is 2.23. The number of hydrogen-bond donors (Lipinski definition) is 0. The van der Waals surface area contributed by atoms with Crippen LogP contribution in [0.25, 0.3) is 0 Å². The number of ether oxygens (including phenoxy) is 1. The standard InChI is InChI=1S/C14H18BrNO2/c1-10-7-12(9-13(15)8-10)14(17)16-4-6-18-5-3-11(16)2/h7-9,11H,3-6H2,1-2H3/t11-/m0/s1. The SMILES string of the molecule is Cc1cc(Br)cc(C(=O)N2CCOCC[C@@H]2C)c1. The van der Waals surface area contributed by atoms with Gasteiger partial charge < -0.3 is 9.64 Å². The molecule has 0 aliphatic carbocycles. The molecule has 1 aromatic rings. The third kappa shape index (κ3) is 3.12. The van der Waals surface area contributed by atoms with E-state index in [0.717, 1.165) is 28.6 Å². The largest absolute Gasteiger partial charge is 0.380 e. The van der Waals surface area contributed by atoms with Crippen LogP contribution in [0.4, 0.5) is 0 Å². The topological polar surface area (TPSA) is 29.5 Å². The molecule has 98 valence electrons. The number of halogens is 1. The van der Waals surface area contributed by atoms with Crippen LogP contribution in [0.2, 0.25) is 0 Å². The predicted octanol–water partition coefficient (Wildman–Crippen LogP) is 3.01. The smallest absolute Gasteiger partial charge is 0.254 e. The van der Waals surface area contributed by atoms with Gasteiger partial charge in [-0.2, -0.15) is 0 Å². The Labute approximate surface area is 116 Å². The summed E-state index contributed by atoms with van der Waals surface area (Å²) in [4.78, 5) is 14.4. The van der Waals surface area contributed by atoms with Crippen molar-refractivity contribution in [3.05, 3.63) is 33.8 Å². The molecule has 0 saturated carbocycles. The monoisotopic (exact) mass is 311 g/mol. The fourth-order valence-electron chi connectivity index (χ4n) is 2.22. The molecule has 18 heavy (non-hydrogen) atoms.